The number of nitrogens with one attached hydrogen (secondary N) is 2. The number of anilines is 1. The topological polar surface area (TPSA) is 59.1 Å². The highest BCUT2D eigenvalue weighted by Gasteiger charge is 2.26. The van der Waals surface area contributed by atoms with Crippen molar-refractivity contribution in [3.05, 3.63) is 10.7 Å². The van der Waals surface area contributed by atoms with Crippen LogP contribution in [0.3, 0.4) is 0 Å². The van der Waals surface area contributed by atoms with E-state index in [0.29, 0.717) is 17.2 Å². The van der Waals surface area contributed by atoms with E-state index in [0.717, 1.165) is 24.1 Å². The van der Waals surface area contributed by atoms with Gasteiger partial charge in [-0.05, 0) is 47.3 Å². The zero-order valence-electron chi connectivity index (χ0n) is 10.8. The molecule has 2 heterocycles. The zero-order chi connectivity index (χ0) is 13.0. The van der Waals surface area contributed by atoms with Crippen LogP contribution in [0.15, 0.2) is 10.7 Å². The van der Waals surface area contributed by atoms with E-state index >= 15 is 0 Å². The summed E-state index contributed by atoms with van der Waals surface area (Å²) >= 11 is 3.34. The van der Waals surface area contributed by atoms with Gasteiger partial charge in [0, 0.05) is 6.54 Å². The van der Waals surface area contributed by atoms with E-state index < -0.39 is 0 Å². The van der Waals surface area contributed by atoms with Gasteiger partial charge >= 0.3 is 0 Å². The quantitative estimate of drug-likeness (QED) is 0.890. The van der Waals surface area contributed by atoms with Crippen molar-refractivity contribution in [1.82, 2.24) is 15.3 Å². The number of hydrogen-bond acceptors (Lipinski definition) is 5. The van der Waals surface area contributed by atoms with Crippen molar-refractivity contribution in [2.45, 2.75) is 19.8 Å². The molecular weight excluding hydrogens is 296 g/mol. The summed E-state index contributed by atoms with van der Waals surface area (Å²) in [6, 6.07) is 0. The Morgan fingerprint density at radius 2 is 2.22 bits per heavy atom. The molecule has 1 aliphatic rings. The predicted molar refractivity (Wildman–Crippen MR) is 75.0 cm³/mol. The Balaban J connectivity index is 1.97. The van der Waals surface area contributed by atoms with Gasteiger partial charge in [0.2, 0.25) is 11.8 Å². The van der Waals surface area contributed by atoms with Crippen molar-refractivity contribution < 1.29 is 4.74 Å². The molecule has 100 valence electrons. The normalized spacial score (nSPS) is 18.4. The van der Waals surface area contributed by atoms with Crippen LogP contribution in [0.2, 0.25) is 0 Å². The van der Waals surface area contributed by atoms with Crippen molar-refractivity contribution in [1.29, 1.82) is 0 Å². The Bertz CT molecular complexity index is 407. The molecule has 0 saturated carbocycles. The van der Waals surface area contributed by atoms with Crippen molar-refractivity contribution in [3.8, 4) is 5.88 Å². The first-order valence-corrected chi connectivity index (χ1v) is 6.93. The minimum atomic E-state index is 0.314. The van der Waals surface area contributed by atoms with Crippen molar-refractivity contribution in [3.63, 3.8) is 0 Å². The second-order valence-electron chi connectivity index (χ2n) is 4.97. The van der Waals surface area contributed by atoms with Gasteiger partial charge in [-0.2, -0.15) is 4.98 Å². The van der Waals surface area contributed by atoms with E-state index in [9.17, 15) is 0 Å². The Morgan fingerprint density at radius 3 is 2.89 bits per heavy atom. The van der Waals surface area contributed by atoms with Crippen LogP contribution in [0.25, 0.3) is 0 Å². The number of piperidine rings is 1. The van der Waals surface area contributed by atoms with E-state index in [1.807, 2.05) is 0 Å². The molecule has 1 aliphatic heterocycles. The average molecular weight is 315 g/mol. The van der Waals surface area contributed by atoms with Gasteiger partial charge in [0.1, 0.15) is 0 Å². The van der Waals surface area contributed by atoms with Gasteiger partial charge in [-0.15, -0.1) is 0 Å². The standard InChI is InChI=1S/C12H19BrN4O/c1-12(3-5-14-6-4-12)8-16-11-15-7-9(13)10(17-11)18-2/h7,14H,3-6,8H2,1-2H3,(H,15,16,17). The minimum absolute atomic E-state index is 0.314. The largest absolute Gasteiger partial charge is 0.480 e. The second kappa shape index (κ2) is 5.84. The summed E-state index contributed by atoms with van der Waals surface area (Å²) in [4.78, 5) is 8.54. The molecule has 0 unspecified atom stereocenters. The lowest BCUT2D eigenvalue weighted by atomic mass is 9.81. The Labute approximate surface area is 116 Å². The maximum absolute atomic E-state index is 5.15. The molecule has 1 fully saturated rings. The SMILES string of the molecule is COc1nc(NCC2(C)CCNCC2)ncc1Br. The fourth-order valence-electron chi connectivity index (χ4n) is 2.08. The van der Waals surface area contributed by atoms with Crippen molar-refractivity contribution >= 4 is 21.9 Å². The molecule has 0 radical (unpaired) electrons. The molecule has 0 bridgehead atoms. The van der Waals surface area contributed by atoms with Gasteiger partial charge in [0.25, 0.3) is 0 Å². The molecular formula is C12H19BrN4O. The number of aromatic nitrogens is 2. The summed E-state index contributed by atoms with van der Waals surface area (Å²) in [5.41, 5.74) is 0.314. The lowest BCUT2D eigenvalue weighted by Gasteiger charge is -2.34. The molecule has 1 aromatic rings. The fraction of sp³-hybridized carbons (Fsp3) is 0.667. The third kappa shape index (κ3) is 3.32. The van der Waals surface area contributed by atoms with Gasteiger partial charge < -0.3 is 15.4 Å². The Morgan fingerprint density at radius 1 is 1.50 bits per heavy atom. The summed E-state index contributed by atoms with van der Waals surface area (Å²) in [6.07, 6.45) is 4.06. The van der Waals surface area contributed by atoms with Crippen LogP contribution in [-0.2, 0) is 0 Å². The molecule has 0 amide bonds. The van der Waals surface area contributed by atoms with E-state index in [1.54, 1.807) is 13.3 Å². The highest BCUT2D eigenvalue weighted by Crippen LogP contribution is 2.28. The number of methoxy groups -OCH3 is 1. The molecule has 0 atom stereocenters. The molecule has 2 N–H and O–H groups in total. The molecule has 0 aromatic carbocycles. The summed E-state index contributed by atoms with van der Waals surface area (Å²) in [7, 11) is 1.60. The zero-order valence-corrected chi connectivity index (χ0v) is 12.4. The minimum Gasteiger partial charge on any atom is -0.480 e. The third-order valence-electron chi connectivity index (χ3n) is 3.39. The monoisotopic (exact) mass is 314 g/mol. The van der Waals surface area contributed by atoms with Crippen LogP contribution in [0, 0.1) is 5.41 Å². The first kappa shape index (κ1) is 13.5. The molecule has 0 spiro atoms. The van der Waals surface area contributed by atoms with Gasteiger partial charge in [-0.1, -0.05) is 6.92 Å². The summed E-state index contributed by atoms with van der Waals surface area (Å²) in [6.45, 7) is 5.36. The van der Waals surface area contributed by atoms with Crippen molar-refractivity contribution in [2.24, 2.45) is 5.41 Å². The molecule has 1 aromatic heterocycles. The number of halogens is 1. The molecule has 6 heteroatoms. The first-order chi connectivity index (χ1) is 8.63. The van der Waals surface area contributed by atoms with Crippen LogP contribution >= 0.6 is 15.9 Å². The number of nitrogens with zero attached hydrogens (tertiary/aromatic N) is 2. The summed E-state index contributed by atoms with van der Waals surface area (Å²) in [5, 5.41) is 6.68. The predicted octanol–water partition coefficient (Wildman–Crippen LogP) is 2.05. The van der Waals surface area contributed by atoms with Gasteiger partial charge in [-0.3, -0.25) is 0 Å². The summed E-state index contributed by atoms with van der Waals surface area (Å²) in [5.74, 6) is 1.18. The van der Waals surface area contributed by atoms with Gasteiger partial charge in [-0.25, -0.2) is 4.98 Å². The lowest BCUT2D eigenvalue weighted by molar-refractivity contribution is 0.246. The van der Waals surface area contributed by atoms with Crippen LogP contribution in [0.1, 0.15) is 19.8 Å². The molecule has 5 nitrogen and oxygen atoms in total. The molecule has 0 aliphatic carbocycles. The number of hydrogen-bond donors (Lipinski definition) is 2. The smallest absolute Gasteiger partial charge is 0.232 e. The molecule has 2 rings (SSSR count). The fourth-order valence-corrected chi connectivity index (χ4v) is 2.43. The summed E-state index contributed by atoms with van der Waals surface area (Å²) < 4.78 is 5.92. The van der Waals surface area contributed by atoms with E-state index in [-0.39, 0.29) is 0 Å². The highest BCUT2D eigenvalue weighted by molar-refractivity contribution is 9.10. The first-order valence-electron chi connectivity index (χ1n) is 6.14. The number of ether oxygens (including phenoxy) is 1. The van der Waals surface area contributed by atoms with E-state index in [4.69, 9.17) is 4.74 Å². The van der Waals surface area contributed by atoms with Gasteiger partial charge in [0.05, 0.1) is 17.8 Å². The van der Waals surface area contributed by atoms with E-state index in [2.05, 4.69) is 43.5 Å². The van der Waals surface area contributed by atoms with Crippen LogP contribution in [0.4, 0.5) is 5.95 Å². The maximum Gasteiger partial charge on any atom is 0.232 e. The third-order valence-corrected chi connectivity index (χ3v) is 3.93. The Hall–Kier alpha value is -0.880. The second-order valence-corrected chi connectivity index (χ2v) is 5.82. The highest BCUT2D eigenvalue weighted by atomic mass is 79.9. The number of rotatable bonds is 4. The van der Waals surface area contributed by atoms with Gasteiger partial charge in [0.15, 0.2) is 0 Å². The lowest BCUT2D eigenvalue weighted by Crippen LogP contribution is -2.39. The van der Waals surface area contributed by atoms with Crippen molar-refractivity contribution in [2.75, 3.05) is 32.1 Å². The average Bonchev–Trinajstić information content (AvgIpc) is 2.39. The maximum atomic E-state index is 5.15. The Kier molecular flexibility index (Phi) is 4.40. The van der Waals surface area contributed by atoms with Crippen LogP contribution in [0.5, 0.6) is 5.88 Å². The molecule has 1 saturated heterocycles. The van der Waals surface area contributed by atoms with E-state index in [1.165, 1.54) is 12.8 Å². The van der Waals surface area contributed by atoms with Crippen LogP contribution in [-0.4, -0.2) is 36.7 Å². The molecule has 18 heavy (non-hydrogen) atoms. The van der Waals surface area contributed by atoms with Crippen LogP contribution < -0.4 is 15.4 Å².